The molecule has 0 aliphatic heterocycles. The van der Waals surface area contributed by atoms with Crippen molar-refractivity contribution < 1.29 is 9.13 Å². The fraction of sp³-hybridized carbons (Fsp3) is 0.0909. The molecule has 0 atom stereocenters. The summed E-state index contributed by atoms with van der Waals surface area (Å²) in [6, 6.07) is 5.61. The Bertz CT molecular complexity index is 516. The maximum atomic E-state index is 12.8. The zero-order valence-electron chi connectivity index (χ0n) is 8.64. The van der Waals surface area contributed by atoms with Crippen molar-refractivity contribution in [2.75, 3.05) is 5.73 Å². The average molecular weight is 219 g/mol. The molecule has 2 aromatic rings. The summed E-state index contributed by atoms with van der Waals surface area (Å²) in [6.45, 7) is 1.82. The van der Waals surface area contributed by atoms with Crippen molar-refractivity contribution in [3.8, 4) is 11.6 Å². The van der Waals surface area contributed by atoms with Crippen LogP contribution in [0.5, 0.6) is 11.6 Å². The Kier molecular flexibility index (Phi) is 2.68. The van der Waals surface area contributed by atoms with E-state index >= 15 is 0 Å². The molecule has 0 radical (unpaired) electrons. The van der Waals surface area contributed by atoms with Gasteiger partial charge in [-0.2, -0.15) is 0 Å². The second kappa shape index (κ2) is 4.14. The van der Waals surface area contributed by atoms with Crippen LogP contribution in [0.15, 0.2) is 30.6 Å². The second-order valence-corrected chi connectivity index (χ2v) is 3.28. The van der Waals surface area contributed by atoms with E-state index in [4.69, 9.17) is 10.5 Å². The summed E-state index contributed by atoms with van der Waals surface area (Å²) in [5.41, 5.74) is 6.61. The van der Waals surface area contributed by atoms with Gasteiger partial charge in [0.2, 0.25) is 5.88 Å². The van der Waals surface area contributed by atoms with E-state index in [0.29, 0.717) is 11.6 Å². The van der Waals surface area contributed by atoms with E-state index in [1.807, 2.05) is 6.92 Å². The predicted molar refractivity (Wildman–Crippen MR) is 57.7 cm³/mol. The number of aryl methyl sites for hydroxylation is 1. The number of ether oxygens (including phenoxy) is 1. The first kappa shape index (κ1) is 10.4. The van der Waals surface area contributed by atoms with Gasteiger partial charge in [0.25, 0.3) is 0 Å². The number of hydrogen-bond donors (Lipinski definition) is 1. The van der Waals surface area contributed by atoms with Gasteiger partial charge in [-0.1, -0.05) is 0 Å². The molecule has 82 valence electrons. The molecule has 16 heavy (non-hydrogen) atoms. The van der Waals surface area contributed by atoms with Crippen LogP contribution >= 0.6 is 0 Å². The van der Waals surface area contributed by atoms with Crippen molar-refractivity contribution in [3.63, 3.8) is 0 Å². The van der Waals surface area contributed by atoms with Gasteiger partial charge in [-0.05, 0) is 19.1 Å². The summed E-state index contributed by atoms with van der Waals surface area (Å²) in [5.74, 6) is 0.356. The quantitative estimate of drug-likeness (QED) is 0.787. The first-order chi connectivity index (χ1) is 7.65. The van der Waals surface area contributed by atoms with E-state index in [1.54, 1.807) is 6.07 Å². The van der Waals surface area contributed by atoms with Crippen molar-refractivity contribution >= 4 is 5.69 Å². The largest absolute Gasteiger partial charge is 0.437 e. The van der Waals surface area contributed by atoms with E-state index in [2.05, 4.69) is 9.97 Å². The third-order valence-corrected chi connectivity index (χ3v) is 1.97. The molecule has 0 bridgehead atoms. The highest BCUT2D eigenvalue weighted by atomic mass is 19.1. The standard InChI is InChI=1S/C11H10FN3O/c1-7-4-11(15-6-14-7)16-10-3-2-8(12)5-9(10)13/h2-6H,13H2,1H3. The minimum Gasteiger partial charge on any atom is -0.437 e. The monoisotopic (exact) mass is 219 g/mol. The van der Waals surface area contributed by atoms with Crippen molar-refractivity contribution in [1.82, 2.24) is 9.97 Å². The molecule has 0 unspecified atom stereocenters. The van der Waals surface area contributed by atoms with Gasteiger partial charge in [0.05, 0.1) is 5.69 Å². The molecule has 0 saturated heterocycles. The Morgan fingerprint density at radius 1 is 1.25 bits per heavy atom. The fourth-order valence-corrected chi connectivity index (χ4v) is 1.21. The van der Waals surface area contributed by atoms with Crippen molar-refractivity contribution in [2.24, 2.45) is 0 Å². The molecule has 1 aromatic carbocycles. The number of benzene rings is 1. The minimum atomic E-state index is -0.399. The van der Waals surface area contributed by atoms with E-state index in [9.17, 15) is 4.39 Å². The molecule has 2 N–H and O–H groups in total. The predicted octanol–water partition coefficient (Wildman–Crippen LogP) is 2.30. The van der Waals surface area contributed by atoms with Gasteiger partial charge in [0.15, 0.2) is 5.75 Å². The Labute approximate surface area is 91.9 Å². The maximum absolute atomic E-state index is 12.8. The number of nitrogen functional groups attached to an aromatic ring is 1. The van der Waals surface area contributed by atoms with Crippen LogP contribution in [0, 0.1) is 12.7 Å². The summed E-state index contributed by atoms with van der Waals surface area (Å²) in [6.07, 6.45) is 1.39. The third kappa shape index (κ3) is 2.25. The molecule has 0 amide bonds. The van der Waals surface area contributed by atoms with Gasteiger partial charge >= 0.3 is 0 Å². The number of rotatable bonds is 2. The summed E-state index contributed by atoms with van der Waals surface area (Å²) >= 11 is 0. The fourth-order valence-electron chi connectivity index (χ4n) is 1.21. The number of nitrogens with zero attached hydrogens (tertiary/aromatic N) is 2. The zero-order valence-corrected chi connectivity index (χ0v) is 8.64. The Morgan fingerprint density at radius 2 is 2.06 bits per heavy atom. The number of halogens is 1. The molecule has 0 spiro atoms. The van der Waals surface area contributed by atoms with Crippen LogP contribution in [-0.2, 0) is 0 Å². The molecule has 0 aliphatic rings. The highest BCUT2D eigenvalue weighted by Crippen LogP contribution is 2.26. The lowest BCUT2D eigenvalue weighted by molar-refractivity contribution is 0.461. The van der Waals surface area contributed by atoms with Gasteiger partial charge in [-0.3, -0.25) is 0 Å². The first-order valence-electron chi connectivity index (χ1n) is 4.66. The number of anilines is 1. The average Bonchev–Trinajstić information content (AvgIpc) is 2.22. The van der Waals surface area contributed by atoms with Crippen LogP contribution in [0.25, 0.3) is 0 Å². The topological polar surface area (TPSA) is 61.0 Å². The Balaban J connectivity index is 2.27. The number of aromatic nitrogens is 2. The van der Waals surface area contributed by atoms with E-state index in [1.165, 1.54) is 24.5 Å². The summed E-state index contributed by atoms with van der Waals surface area (Å²) in [7, 11) is 0. The molecular weight excluding hydrogens is 209 g/mol. The highest BCUT2D eigenvalue weighted by Gasteiger charge is 2.04. The summed E-state index contributed by atoms with van der Waals surface area (Å²) < 4.78 is 18.2. The van der Waals surface area contributed by atoms with E-state index in [-0.39, 0.29) is 5.69 Å². The van der Waals surface area contributed by atoms with Crippen LogP contribution in [0.3, 0.4) is 0 Å². The molecule has 5 heteroatoms. The first-order valence-corrected chi connectivity index (χ1v) is 4.66. The van der Waals surface area contributed by atoms with Crippen molar-refractivity contribution in [2.45, 2.75) is 6.92 Å². The van der Waals surface area contributed by atoms with E-state index < -0.39 is 5.82 Å². The molecular formula is C11H10FN3O. The second-order valence-electron chi connectivity index (χ2n) is 3.28. The van der Waals surface area contributed by atoms with Crippen LogP contribution in [0.4, 0.5) is 10.1 Å². The zero-order chi connectivity index (χ0) is 11.5. The van der Waals surface area contributed by atoms with Gasteiger partial charge in [0, 0.05) is 17.8 Å². The van der Waals surface area contributed by atoms with Crippen molar-refractivity contribution in [3.05, 3.63) is 42.1 Å². The minimum absolute atomic E-state index is 0.233. The summed E-state index contributed by atoms with van der Waals surface area (Å²) in [5, 5.41) is 0. The van der Waals surface area contributed by atoms with Crippen LogP contribution in [-0.4, -0.2) is 9.97 Å². The Morgan fingerprint density at radius 3 is 2.75 bits per heavy atom. The SMILES string of the molecule is Cc1cc(Oc2ccc(F)cc2N)ncn1. The molecule has 0 aliphatic carbocycles. The maximum Gasteiger partial charge on any atom is 0.222 e. The molecule has 1 aromatic heterocycles. The highest BCUT2D eigenvalue weighted by molar-refractivity contribution is 5.53. The molecule has 2 rings (SSSR count). The number of hydrogen-bond acceptors (Lipinski definition) is 4. The van der Waals surface area contributed by atoms with Crippen LogP contribution < -0.4 is 10.5 Å². The smallest absolute Gasteiger partial charge is 0.222 e. The lowest BCUT2D eigenvalue weighted by atomic mass is 10.3. The van der Waals surface area contributed by atoms with Gasteiger partial charge in [-0.25, -0.2) is 14.4 Å². The van der Waals surface area contributed by atoms with Gasteiger partial charge < -0.3 is 10.5 Å². The van der Waals surface area contributed by atoms with Gasteiger partial charge in [-0.15, -0.1) is 0 Å². The normalized spacial score (nSPS) is 10.1. The van der Waals surface area contributed by atoms with Crippen LogP contribution in [0.2, 0.25) is 0 Å². The lowest BCUT2D eigenvalue weighted by Gasteiger charge is -2.07. The number of nitrogens with two attached hydrogens (primary N) is 1. The molecule has 1 heterocycles. The van der Waals surface area contributed by atoms with Crippen molar-refractivity contribution in [1.29, 1.82) is 0 Å². The third-order valence-electron chi connectivity index (χ3n) is 1.97. The Hall–Kier alpha value is -2.17. The van der Waals surface area contributed by atoms with Gasteiger partial charge in [0.1, 0.15) is 12.1 Å². The lowest BCUT2D eigenvalue weighted by Crippen LogP contribution is -1.95. The van der Waals surface area contributed by atoms with Crippen LogP contribution in [0.1, 0.15) is 5.69 Å². The molecule has 0 saturated carbocycles. The molecule has 4 nitrogen and oxygen atoms in total. The summed E-state index contributed by atoms with van der Waals surface area (Å²) in [4.78, 5) is 7.85. The van der Waals surface area contributed by atoms with E-state index in [0.717, 1.165) is 5.69 Å². The molecule has 0 fully saturated rings.